The molecule has 1 N–H and O–H groups in total. The number of benzene rings is 2. The quantitative estimate of drug-likeness (QED) is 0.339. The summed E-state index contributed by atoms with van der Waals surface area (Å²) in [5.74, 6) is 0.585. The van der Waals surface area contributed by atoms with Crippen LogP contribution in [0.5, 0.6) is 5.75 Å². The van der Waals surface area contributed by atoms with Gasteiger partial charge in [-0.3, -0.25) is 4.79 Å². The molecule has 3 aromatic rings. The van der Waals surface area contributed by atoms with E-state index in [-0.39, 0.29) is 17.5 Å². The van der Waals surface area contributed by atoms with Crippen LogP contribution in [0, 0.1) is 0 Å². The van der Waals surface area contributed by atoms with Crippen molar-refractivity contribution in [1.29, 1.82) is 0 Å². The minimum atomic E-state index is 0.0798. The monoisotopic (exact) mass is 421 g/mol. The van der Waals surface area contributed by atoms with E-state index in [4.69, 9.17) is 0 Å². The van der Waals surface area contributed by atoms with E-state index in [1.54, 1.807) is 23.5 Å². The van der Waals surface area contributed by atoms with Crippen molar-refractivity contribution in [3.05, 3.63) is 64.0 Å². The molecule has 0 spiro atoms. The zero-order valence-corrected chi connectivity index (χ0v) is 18.8. The Balaban J connectivity index is 1.46. The molecular formula is C26H31NO2S. The summed E-state index contributed by atoms with van der Waals surface area (Å²) < 4.78 is 0.969. The molecule has 4 rings (SSSR count). The fraction of sp³-hybridized carbons (Fsp3) is 0.423. The zero-order valence-electron chi connectivity index (χ0n) is 18.0. The predicted octanol–water partition coefficient (Wildman–Crippen LogP) is 6.38. The maximum absolute atomic E-state index is 13.4. The predicted molar refractivity (Wildman–Crippen MR) is 126 cm³/mol. The lowest BCUT2D eigenvalue weighted by Crippen LogP contribution is -2.20. The molecule has 0 atom stereocenters. The van der Waals surface area contributed by atoms with Crippen LogP contribution in [0.4, 0.5) is 0 Å². The fourth-order valence-corrected chi connectivity index (χ4v) is 5.62. The molecule has 2 aromatic carbocycles. The number of ketones is 1. The maximum Gasteiger partial charge on any atom is 0.194 e. The first-order valence-corrected chi connectivity index (χ1v) is 12.0. The number of hydrogen-bond acceptors (Lipinski definition) is 4. The lowest BCUT2D eigenvalue weighted by molar-refractivity contribution is 0.103. The molecule has 0 aliphatic carbocycles. The number of thiophene rings is 1. The number of hydrogen-bond donors (Lipinski definition) is 1. The van der Waals surface area contributed by atoms with Crippen LogP contribution >= 0.6 is 11.3 Å². The summed E-state index contributed by atoms with van der Waals surface area (Å²) in [4.78, 5) is 17.0. The Kier molecular flexibility index (Phi) is 6.55. The number of rotatable bonds is 8. The summed E-state index contributed by atoms with van der Waals surface area (Å²) in [6, 6.07) is 13.5. The summed E-state index contributed by atoms with van der Waals surface area (Å²) in [5, 5.41) is 10.8. The Morgan fingerprint density at radius 3 is 2.50 bits per heavy atom. The number of fused-ring (bicyclic) bond motifs is 1. The number of phenolic OH excluding ortho intramolecular Hbond substituents is 1. The highest BCUT2D eigenvalue weighted by molar-refractivity contribution is 7.19. The van der Waals surface area contributed by atoms with Crippen molar-refractivity contribution in [1.82, 2.24) is 4.90 Å². The summed E-state index contributed by atoms with van der Waals surface area (Å²) in [6.07, 6.45) is 6.22. The van der Waals surface area contributed by atoms with Crippen LogP contribution in [0.25, 0.3) is 10.1 Å². The molecule has 30 heavy (non-hydrogen) atoms. The van der Waals surface area contributed by atoms with Crippen molar-refractivity contribution in [2.24, 2.45) is 0 Å². The van der Waals surface area contributed by atoms with Crippen LogP contribution < -0.4 is 0 Å². The van der Waals surface area contributed by atoms with E-state index in [1.165, 1.54) is 50.9 Å². The Hall–Kier alpha value is -2.17. The van der Waals surface area contributed by atoms with Crippen molar-refractivity contribution in [2.75, 3.05) is 19.6 Å². The number of likely N-dealkylation sites (tertiary alicyclic amines) is 1. The topological polar surface area (TPSA) is 40.5 Å². The van der Waals surface area contributed by atoms with E-state index in [1.807, 2.05) is 18.2 Å². The van der Waals surface area contributed by atoms with Gasteiger partial charge in [0.15, 0.2) is 5.78 Å². The third-order valence-corrected chi connectivity index (χ3v) is 7.51. The highest BCUT2D eigenvalue weighted by Gasteiger charge is 2.22. The van der Waals surface area contributed by atoms with Crippen molar-refractivity contribution >= 4 is 27.2 Å². The van der Waals surface area contributed by atoms with E-state index in [9.17, 15) is 9.90 Å². The molecule has 1 fully saturated rings. The number of aryl methyl sites for hydroxylation is 1. The van der Waals surface area contributed by atoms with Gasteiger partial charge in [-0.15, -0.1) is 11.3 Å². The fourth-order valence-electron chi connectivity index (χ4n) is 4.38. The van der Waals surface area contributed by atoms with Gasteiger partial charge in [0.2, 0.25) is 0 Å². The number of carbonyl (C=O) groups is 1. The van der Waals surface area contributed by atoms with Crippen LogP contribution in [0.1, 0.15) is 71.8 Å². The van der Waals surface area contributed by atoms with Gasteiger partial charge in [0, 0.05) is 26.1 Å². The summed E-state index contributed by atoms with van der Waals surface area (Å²) in [6.45, 7) is 7.99. The lowest BCUT2D eigenvalue weighted by Gasteiger charge is -2.13. The highest BCUT2D eigenvalue weighted by Crippen LogP contribution is 2.38. The maximum atomic E-state index is 13.4. The average Bonchev–Trinajstić information content (AvgIpc) is 3.38. The molecule has 1 aliphatic rings. The first-order chi connectivity index (χ1) is 14.5. The molecular weight excluding hydrogens is 390 g/mol. The van der Waals surface area contributed by atoms with Gasteiger partial charge in [-0.1, -0.05) is 38.1 Å². The first kappa shape index (κ1) is 21.1. The molecule has 0 unspecified atom stereocenters. The lowest BCUT2D eigenvalue weighted by atomic mass is 9.95. The summed E-state index contributed by atoms with van der Waals surface area (Å²) in [7, 11) is 0. The molecule has 1 saturated heterocycles. The molecule has 1 aromatic heterocycles. The zero-order chi connectivity index (χ0) is 21.1. The molecule has 1 aliphatic heterocycles. The molecule has 0 amide bonds. The van der Waals surface area contributed by atoms with Gasteiger partial charge in [-0.25, -0.2) is 0 Å². The second-order valence-corrected chi connectivity index (χ2v) is 9.79. The molecule has 2 heterocycles. The number of phenols is 1. The van der Waals surface area contributed by atoms with Crippen molar-refractivity contribution in [3.63, 3.8) is 0 Å². The number of unbranched alkanes of at least 4 members (excludes halogenated alkanes) is 1. The molecule has 3 nitrogen and oxygen atoms in total. The van der Waals surface area contributed by atoms with Gasteiger partial charge in [0.25, 0.3) is 0 Å². The molecule has 0 saturated carbocycles. The SMILES string of the molecule is CC(C)c1sc2cc(O)ccc2c1C(=O)c1ccc(CCCCN2CCCC2)cc1. The second kappa shape index (κ2) is 9.32. The normalized spacial score (nSPS) is 14.8. The highest BCUT2D eigenvalue weighted by atomic mass is 32.1. The number of carbonyl (C=O) groups excluding carboxylic acids is 1. The van der Waals surface area contributed by atoms with Gasteiger partial charge in [-0.2, -0.15) is 0 Å². The van der Waals surface area contributed by atoms with E-state index in [2.05, 4.69) is 30.9 Å². The van der Waals surface area contributed by atoms with Gasteiger partial charge in [0.1, 0.15) is 5.75 Å². The minimum Gasteiger partial charge on any atom is -0.508 e. The molecule has 0 bridgehead atoms. The number of nitrogens with zero attached hydrogens (tertiary/aromatic N) is 1. The Morgan fingerprint density at radius 2 is 1.80 bits per heavy atom. The Morgan fingerprint density at radius 1 is 1.07 bits per heavy atom. The van der Waals surface area contributed by atoms with Crippen LogP contribution in [0.2, 0.25) is 0 Å². The standard InChI is InChI=1S/C26H31NO2S/c1-18(2)26-24(22-13-12-21(28)17-23(22)30-26)25(29)20-10-8-19(9-11-20)7-3-4-14-27-15-5-6-16-27/h8-13,17-18,28H,3-7,14-16H2,1-2H3. The molecule has 0 radical (unpaired) electrons. The molecule has 158 valence electrons. The third-order valence-electron chi connectivity index (χ3n) is 6.06. The van der Waals surface area contributed by atoms with Crippen LogP contribution in [-0.2, 0) is 6.42 Å². The van der Waals surface area contributed by atoms with Gasteiger partial charge < -0.3 is 10.0 Å². The van der Waals surface area contributed by atoms with E-state index < -0.39 is 0 Å². The van der Waals surface area contributed by atoms with E-state index >= 15 is 0 Å². The minimum absolute atomic E-state index is 0.0798. The van der Waals surface area contributed by atoms with Gasteiger partial charge >= 0.3 is 0 Å². The Labute approximate surface area is 183 Å². The Bertz CT molecular complexity index is 1010. The summed E-state index contributed by atoms with van der Waals surface area (Å²) in [5.41, 5.74) is 2.84. The summed E-state index contributed by atoms with van der Waals surface area (Å²) >= 11 is 1.61. The second-order valence-electron chi connectivity index (χ2n) is 8.71. The average molecular weight is 422 g/mol. The van der Waals surface area contributed by atoms with Crippen LogP contribution in [0.15, 0.2) is 42.5 Å². The van der Waals surface area contributed by atoms with E-state index in [0.29, 0.717) is 0 Å². The van der Waals surface area contributed by atoms with Crippen LogP contribution in [0.3, 0.4) is 0 Å². The van der Waals surface area contributed by atoms with Crippen molar-refractivity contribution in [3.8, 4) is 5.75 Å². The largest absolute Gasteiger partial charge is 0.508 e. The number of aromatic hydroxyl groups is 1. The van der Waals surface area contributed by atoms with Crippen LogP contribution in [-0.4, -0.2) is 35.4 Å². The van der Waals surface area contributed by atoms with Crippen molar-refractivity contribution < 1.29 is 9.90 Å². The van der Waals surface area contributed by atoms with E-state index in [0.717, 1.165) is 32.5 Å². The van der Waals surface area contributed by atoms with Gasteiger partial charge in [0.05, 0.1) is 0 Å². The molecule has 4 heteroatoms. The van der Waals surface area contributed by atoms with Gasteiger partial charge in [-0.05, 0) is 81.4 Å². The van der Waals surface area contributed by atoms with Crippen molar-refractivity contribution in [2.45, 2.75) is 51.9 Å². The smallest absolute Gasteiger partial charge is 0.194 e. The first-order valence-electron chi connectivity index (χ1n) is 11.1. The third kappa shape index (κ3) is 4.60.